The van der Waals surface area contributed by atoms with Gasteiger partial charge in [0, 0.05) is 6.20 Å². The van der Waals surface area contributed by atoms with Crippen LogP contribution in [0.3, 0.4) is 0 Å². The molecule has 3 rings (SSSR count). The summed E-state index contributed by atoms with van der Waals surface area (Å²) in [6.45, 7) is 0.440. The Bertz CT molecular complexity index is 821. The van der Waals surface area contributed by atoms with E-state index in [-0.39, 0.29) is 13.0 Å². The fourth-order valence-corrected chi connectivity index (χ4v) is 2.43. The zero-order valence-electron chi connectivity index (χ0n) is 14.2. The lowest BCUT2D eigenvalue weighted by molar-refractivity contribution is -0.128. The maximum absolute atomic E-state index is 12.1. The molecule has 26 heavy (non-hydrogen) atoms. The second-order valence-corrected chi connectivity index (χ2v) is 5.85. The Morgan fingerprint density at radius 3 is 2.35 bits per heavy atom. The van der Waals surface area contributed by atoms with E-state index < -0.39 is 5.91 Å². The van der Waals surface area contributed by atoms with Gasteiger partial charge in [-0.3, -0.25) is 9.78 Å². The van der Waals surface area contributed by atoms with Crippen molar-refractivity contribution < 1.29 is 9.53 Å². The second kappa shape index (κ2) is 8.78. The van der Waals surface area contributed by atoms with Crippen LogP contribution in [0.25, 0.3) is 0 Å². The summed E-state index contributed by atoms with van der Waals surface area (Å²) in [6.07, 6.45) is 1.65. The number of carbonyl (C=O) groups excluding carboxylic acids is 1. The first-order chi connectivity index (χ1) is 12.7. The molecule has 0 radical (unpaired) electrons. The minimum absolute atomic E-state index is 0.0437. The second-order valence-electron chi connectivity index (χ2n) is 5.85. The number of pyridine rings is 1. The highest BCUT2D eigenvalue weighted by Gasteiger charge is 2.07. The zero-order valence-corrected chi connectivity index (χ0v) is 14.2. The first-order valence-electron chi connectivity index (χ1n) is 8.34. The maximum atomic E-state index is 12.1. The van der Waals surface area contributed by atoms with Gasteiger partial charge in [-0.25, -0.2) is 0 Å². The minimum atomic E-state index is -0.492. The van der Waals surface area contributed by atoms with Crippen LogP contribution in [0.1, 0.15) is 16.8 Å². The number of hydrogen-bond acceptors (Lipinski definition) is 4. The topological polar surface area (TPSA) is 65.5 Å². The van der Waals surface area contributed by atoms with Crippen molar-refractivity contribution in [3.63, 3.8) is 0 Å². The van der Waals surface area contributed by atoms with E-state index in [0.717, 1.165) is 16.9 Å². The first kappa shape index (κ1) is 17.6. The number of hydroxylamine groups is 2. The summed E-state index contributed by atoms with van der Waals surface area (Å²) in [4.78, 5) is 16.1. The van der Waals surface area contributed by atoms with Gasteiger partial charge in [-0.05, 0) is 35.4 Å². The molecule has 1 heterocycles. The molecule has 132 valence electrons. The van der Waals surface area contributed by atoms with Gasteiger partial charge >= 0.3 is 0 Å². The van der Waals surface area contributed by atoms with Gasteiger partial charge in [-0.2, -0.15) is 0 Å². The monoisotopic (exact) mass is 347 g/mol. The minimum Gasteiger partial charge on any atom is -0.756 e. The predicted octanol–water partition coefficient (Wildman–Crippen LogP) is 3.73. The Morgan fingerprint density at radius 1 is 0.923 bits per heavy atom. The van der Waals surface area contributed by atoms with Gasteiger partial charge in [0.2, 0.25) is 5.91 Å². The Balaban J connectivity index is 1.51. The predicted molar refractivity (Wildman–Crippen MR) is 99.1 cm³/mol. The lowest BCUT2D eigenvalue weighted by Crippen LogP contribution is -2.26. The molecule has 0 atom stereocenters. The Morgan fingerprint density at radius 2 is 1.65 bits per heavy atom. The summed E-state index contributed by atoms with van der Waals surface area (Å²) in [7, 11) is 0. The summed E-state index contributed by atoms with van der Waals surface area (Å²) < 4.78 is 5.71. The molecule has 5 nitrogen and oxygen atoms in total. The molecule has 1 aromatic heterocycles. The number of aromatic nitrogens is 1. The highest BCUT2D eigenvalue weighted by molar-refractivity contribution is 5.79. The molecule has 5 heteroatoms. The van der Waals surface area contributed by atoms with Crippen molar-refractivity contribution >= 4 is 5.91 Å². The van der Waals surface area contributed by atoms with Gasteiger partial charge in [-0.1, -0.05) is 48.5 Å². The molecule has 0 N–H and O–H groups in total. The molecule has 0 saturated carbocycles. The fourth-order valence-electron chi connectivity index (χ4n) is 2.43. The Kier molecular flexibility index (Phi) is 5.96. The Labute approximate surface area is 152 Å². The van der Waals surface area contributed by atoms with Gasteiger partial charge in [0.25, 0.3) is 0 Å². The number of benzene rings is 2. The van der Waals surface area contributed by atoms with Crippen LogP contribution in [0, 0.1) is 5.21 Å². The molecule has 1 amide bonds. The molecule has 0 aliphatic rings. The largest absolute Gasteiger partial charge is 0.756 e. The van der Waals surface area contributed by atoms with Crippen molar-refractivity contribution in [1.82, 2.24) is 10.0 Å². The van der Waals surface area contributed by atoms with Crippen LogP contribution in [0.5, 0.6) is 5.75 Å². The number of ether oxygens (including phenoxy) is 1. The summed E-state index contributed by atoms with van der Waals surface area (Å²) in [5, 5.41) is 12.4. The molecule has 0 aliphatic heterocycles. The van der Waals surface area contributed by atoms with E-state index in [1.165, 1.54) is 0 Å². The number of carbonyl (C=O) groups is 1. The first-order valence-corrected chi connectivity index (χ1v) is 8.34. The molecule has 0 aliphatic carbocycles. The van der Waals surface area contributed by atoms with Crippen molar-refractivity contribution in [2.45, 2.75) is 19.6 Å². The summed E-state index contributed by atoms with van der Waals surface area (Å²) in [5.74, 6) is 0.228. The quantitative estimate of drug-likeness (QED) is 0.611. The number of nitrogens with zero attached hydrogens (tertiary/aromatic N) is 2. The van der Waals surface area contributed by atoms with Crippen LogP contribution in [-0.2, 0) is 24.4 Å². The molecule has 0 unspecified atom stereocenters. The normalized spacial score (nSPS) is 10.3. The van der Waals surface area contributed by atoms with Crippen molar-refractivity contribution in [3.05, 3.63) is 101 Å². The number of hydrogen-bond donors (Lipinski definition) is 0. The molecule has 2 aromatic carbocycles. The molecule has 0 saturated heterocycles. The van der Waals surface area contributed by atoms with E-state index in [0.29, 0.717) is 17.4 Å². The highest BCUT2D eigenvalue weighted by atomic mass is 16.5. The lowest BCUT2D eigenvalue weighted by Gasteiger charge is -2.27. The van der Waals surface area contributed by atoms with Crippen LogP contribution in [-0.4, -0.2) is 16.0 Å². The van der Waals surface area contributed by atoms with Gasteiger partial charge < -0.3 is 15.0 Å². The van der Waals surface area contributed by atoms with E-state index in [4.69, 9.17) is 4.74 Å². The summed E-state index contributed by atoms with van der Waals surface area (Å²) in [6, 6.07) is 22.4. The average molecular weight is 347 g/mol. The van der Waals surface area contributed by atoms with Crippen molar-refractivity contribution in [2.75, 3.05) is 0 Å². The van der Waals surface area contributed by atoms with Gasteiger partial charge in [0.05, 0.1) is 18.7 Å². The number of rotatable bonds is 7. The van der Waals surface area contributed by atoms with Crippen LogP contribution < -0.4 is 4.74 Å². The number of amides is 1. The molecule has 0 spiro atoms. The zero-order chi connectivity index (χ0) is 18.2. The van der Waals surface area contributed by atoms with E-state index in [9.17, 15) is 10.0 Å². The van der Waals surface area contributed by atoms with Crippen LogP contribution in [0.15, 0.2) is 79.0 Å². The average Bonchev–Trinajstić information content (AvgIpc) is 2.69. The van der Waals surface area contributed by atoms with Gasteiger partial charge in [0.15, 0.2) is 0 Å². The smallest absolute Gasteiger partial charge is 0.216 e. The van der Waals surface area contributed by atoms with E-state index >= 15 is 0 Å². The molecular weight excluding hydrogens is 328 g/mol. The molecule has 0 bridgehead atoms. The molecule has 0 fully saturated rings. The standard InChI is InChI=1S/C21H19N2O3/c24-21(23(25)15-19-8-4-5-13-22-19)14-17-9-11-20(12-10-17)26-16-18-6-2-1-3-7-18/h1-13H,14-16H2/q-1. The van der Waals surface area contributed by atoms with Crippen molar-refractivity contribution in [3.8, 4) is 5.75 Å². The van der Waals surface area contributed by atoms with E-state index in [2.05, 4.69) is 4.98 Å². The third-order valence-electron chi connectivity index (χ3n) is 3.84. The van der Waals surface area contributed by atoms with Crippen LogP contribution in [0.2, 0.25) is 0 Å². The maximum Gasteiger partial charge on any atom is 0.216 e. The molecular formula is C21H19N2O3-. The summed E-state index contributed by atoms with van der Waals surface area (Å²) in [5.41, 5.74) is 2.42. The Hall–Kier alpha value is -3.18. The lowest BCUT2D eigenvalue weighted by atomic mass is 10.1. The third-order valence-corrected chi connectivity index (χ3v) is 3.84. The van der Waals surface area contributed by atoms with Crippen LogP contribution in [0.4, 0.5) is 0 Å². The molecule has 3 aromatic rings. The van der Waals surface area contributed by atoms with Crippen LogP contribution >= 0.6 is 0 Å². The van der Waals surface area contributed by atoms with E-state index in [1.54, 1.807) is 48.7 Å². The van der Waals surface area contributed by atoms with Gasteiger partial charge in [0.1, 0.15) is 12.4 Å². The van der Waals surface area contributed by atoms with Crippen molar-refractivity contribution in [1.29, 1.82) is 0 Å². The SMILES string of the molecule is O=C(Cc1ccc(OCc2ccccc2)cc1)N([O-])Cc1ccccn1. The summed E-state index contributed by atoms with van der Waals surface area (Å²) >= 11 is 0. The fraction of sp³-hybridized carbons (Fsp3) is 0.143. The van der Waals surface area contributed by atoms with Gasteiger partial charge in [-0.15, -0.1) is 0 Å². The van der Waals surface area contributed by atoms with Crippen molar-refractivity contribution in [2.24, 2.45) is 0 Å². The third kappa shape index (κ3) is 5.16. The highest BCUT2D eigenvalue weighted by Crippen LogP contribution is 2.15. The van der Waals surface area contributed by atoms with E-state index in [1.807, 2.05) is 30.3 Å².